The Hall–Kier alpha value is -4.04. The first-order chi connectivity index (χ1) is 16.1. The minimum Gasteiger partial charge on any atom is -0.381 e. The Morgan fingerprint density at radius 2 is 1.67 bits per heavy atom. The monoisotopic (exact) mass is 440 g/mol. The number of benzene rings is 2. The molecule has 1 amide bonds. The molecule has 0 atom stereocenters. The topological polar surface area (TPSA) is 108 Å². The molecule has 8 nitrogen and oxygen atoms in total. The van der Waals surface area contributed by atoms with E-state index in [2.05, 4.69) is 20.3 Å². The Balaban J connectivity index is 1.39. The molecule has 0 aliphatic carbocycles. The van der Waals surface area contributed by atoms with Gasteiger partial charge in [0, 0.05) is 54.9 Å². The van der Waals surface area contributed by atoms with Gasteiger partial charge in [0.05, 0.1) is 11.7 Å². The van der Waals surface area contributed by atoms with Crippen LogP contribution in [0.15, 0.2) is 79.6 Å². The molecule has 1 saturated heterocycles. The molecule has 1 aliphatic heterocycles. The zero-order chi connectivity index (χ0) is 22.7. The molecule has 2 aromatic heterocycles. The fourth-order valence-corrected chi connectivity index (χ4v) is 4.21. The smallest absolute Gasteiger partial charge is 0.235 e. The number of nitrogens with one attached hydrogen (secondary N) is 1. The van der Waals surface area contributed by atoms with E-state index >= 15 is 0 Å². The number of rotatable bonds is 5. The zero-order valence-electron chi connectivity index (χ0n) is 18.0. The predicted molar refractivity (Wildman–Crippen MR) is 126 cm³/mol. The van der Waals surface area contributed by atoms with Gasteiger partial charge in [0.2, 0.25) is 11.9 Å². The van der Waals surface area contributed by atoms with Crippen LogP contribution in [-0.4, -0.2) is 38.6 Å². The maximum absolute atomic E-state index is 13.6. The maximum atomic E-state index is 13.6. The van der Waals surface area contributed by atoms with Crippen molar-refractivity contribution < 1.29 is 9.53 Å². The first-order valence-corrected chi connectivity index (χ1v) is 10.8. The van der Waals surface area contributed by atoms with E-state index in [-0.39, 0.29) is 11.9 Å². The normalized spacial score (nSPS) is 15.2. The van der Waals surface area contributed by atoms with Gasteiger partial charge in [-0.1, -0.05) is 24.3 Å². The zero-order valence-corrected chi connectivity index (χ0v) is 18.0. The molecule has 33 heavy (non-hydrogen) atoms. The van der Waals surface area contributed by atoms with E-state index in [1.807, 2.05) is 59.3 Å². The van der Waals surface area contributed by atoms with Crippen LogP contribution >= 0.6 is 0 Å². The van der Waals surface area contributed by atoms with Gasteiger partial charge in [0.1, 0.15) is 0 Å². The average molecular weight is 441 g/mol. The third kappa shape index (κ3) is 4.20. The molecule has 0 radical (unpaired) electrons. The Morgan fingerprint density at radius 1 is 0.970 bits per heavy atom. The molecule has 2 aromatic carbocycles. The van der Waals surface area contributed by atoms with Crippen molar-refractivity contribution in [3.63, 3.8) is 0 Å². The van der Waals surface area contributed by atoms with Crippen molar-refractivity contribution in [3.8, 4) is 16.8 Å². The molecule has 166 valence electrons. The van der Waals surface area contributed by atoms with Gasteiger partial charge in [-0.3, -0.25) is 4.79 Å². The van der Waals surface area contributed by atoms with Gasteiger partial charge in [-0.2, -0.15) is 0 Å². The van der Waals surface area contributed by atoms with E-state index in [0.29, 0.717) is 26.1 Å². The van der Waals surface area contributed by atoms with Crippen LogP contribution in [0, 0.1) is 0 Å². The lowest BCUT2D eigenvalue weighted by molar-refractivity contribution is -0.125. The third-order valence-corrected chi connectivity index (χ3v) is 6.15. The maximum Gasteiger partial charge on any atom is 0.235 e. The van der Waals surface area contributed by atoms with Gasteiger partial charge in [-0.15, -0.1) is 0 Å². The van der Waals surface area contributed by atoms with Gasteiger partial charge in [0.25, 0.3) is 0 Å². The fraction of sp³-hybridized carbons (Fsp3) is 0.200. The summed E-state index contributed by atoms with van der Waals surface area (Å²) in [6, 6.07) is 15.7. The van der Waals surface area contributed by atoms with Crippen LogP contribution in [0.5, 0.6) is 0 Å². The molecule has 4 aromatic rings. The second-order valence-corrected chi connectivity index (χ2v) is 8.07. The molecule has 0 saturated carbocycles. The van der Waals surface area contributed by atoms with E-state index in [1.54, 1.807) is 24.9 Å². The number of hydrogen-bond donors (Lipinski definition) is 2. The SMILES string of the molecule is Nc1ncc(-c2ccc(C3(C(=O)Nc4ccc(-n5ccnc5)cc4)CCOCC3)cc2)cn1. The summed E-state index contributed by atoms with van der Waals surface area (Å²) in [5, 5.41) is 3.12. The number of nitrogen functional groups attached to an aromatic ring is 1. The Labute approximate surface area is 191 Å². The largest absolute Gasteiger partial charge is 0.381 e. The lowest BCUT2D eigenvalue weighted by Crippen LogP contribution is -2.44. The summed E-state index contributed by atoms with van der Waals surface area (Å²) in [6.07, 6.45) is 9.99. The van der Waals surface area contributed by atoms with Crippen molar-refractivity contribution in [2.24, 2.45) is 0 Å². The summed E-state index contributed by atoms with van der Waals surface area (Å²) in [5.41, 5.74) is 9.48. The highest BCUT2D eigenvalue weighted by Crippen LogP contribution is 2.37. The number of carbonyl (C=O) groups excluding carboxylic acids is 1. The number of carbonyl (C=O) groups is 1. The summed E-state index contributed by atoms with van der Waals surface area (Å²) in [7, 11) is 0. The summed E-state index contributed by atoms with van der Waals surface area (Å²) < 4.78 is 7.51. The molecular weight excluding hydrogens is 416 g/mol. The minimum atomic E-state index is -0.655. The second-order valence-electron chi connectivity index (χ2n) is 8.07. The number of aromatic nitrogens is 4. The van der Waals surface area contributed by atoms with Gasteiger partial charge < -0.3 is 20.4 Å². The first kappa shape index (κ1) is 20.8. The van der Waals surface area contributed by atoms with E-state index in [9.17, 15) is 4.79 Å². The van der Waals surface area contributed by atoms with Crippen LogP contribution in [0.4, 0.5) is 11.6 Å². The van der Waals surface area contributed by atoms with Crippen molar-refractivity contribution in [1.82, 2.24) is 19.5 Å². The summed E-state index contributed by atoms with van der Waals surface area (Å²) in [5.74, 6) is 0.219. The molecule has 3 N–H and O–H groups in total. The molecule has 0 spiro atoms. The number of nitrogens with two attached hydrogens (primary N) is 1. The van der Waals surface area contributed by atoms with E-state index < -0.39 is 5.41 Å². The standard InChI is InChI=1S/C25H24N6O2/c26-24-28-15-19(16-29-24)18-1-3-20(4-2-18)25(9-13-33-14-10-25)23(32)30-21-5-7-22(8-6-21)31-12-11-27-17-31/h1-8,11-12,15-17H,9-10,13-14H2,(H,30,32)(H2,26,28,29). The molecular formula is C25H24N6O2. The van der Waals surface area contributed by atoms with Crippen LogP contribution < -0.4 is 11.1 Å². The van der Waals surface area contributed by atoms with Crippen LogP contribution in [0.1, 0.15) is 18.4 Å². The highest BCUT2D eigenvalue weighted by atomic mass is 16.5. The number of ether oxygens (including phenoxy) is 1. The lowest BCUT2D eigenvalue weighted by Gasteiger charge is -2.36. The van der Waals surface area contributed by atoms with Crippen LogP contribution in [-0.2, 0) is 14.9 Å². The molecule has 0 bridgehead atoms. The molecule has 8 heteroatoms. The number of hydrogen-bond acceptors (Lipinski definition) is 6. The summed E-state index contributed by atoms with van der Waals surface area (Å²) >= 11 is 0. The van der Waals surface area contributed by atoms with Crippen LogP contribution in [0.25, 0.3) is 16.8 Å². The van der Waals surface area contributed by atoms with E-state index in [4.69, 9.17) is 10.5 Å². The molecule has 1 aliphatic rings. The highest BCUT2D eigenvalue weighted by Gasteiger charge is 2.41. The highest BCUT2D eigenvalue weighted by molar-refractivity contribution is 5.99. The lowest BCUT2D eigenvalue weighted by atomic mass is 9.73. The van der Waals surface area contributed by atoms with Gasteiger partial charge >= 0.3 is 0 Å². The molecule has 0 unspecified atom stereocenters. The Kier molecular flexibility index (Phi) is 5.58. The average Bonchev–Trinajstić information content (AvgIpc) is 3.41. The number of amides is 1. The van der Waals surface area contributed by atoms with Gasteiger partial charge in [-0.05, 0) is 48.2 Å². The van der Waals surface area contributed by atoms with Crippen molar-refractivity contribution in [2.45, 2.75) is 18.3 Å². The number of imidazole rings is 1. The van der Waals surface area contributed by atoms with Gasteiger partial charge in [-0.25, -0.2) is 15.0 Å². The second kappa shape index (κ2) is 8.84. The molecule has 1 fully saturated rings. The van der Waals surface area contributed by atoms with E-state index in [1.165, 1.54) is 0 Å². The van der Waals surface area contributed by atoms with Crippen LogP contribution in [0.3, 0.4) is 0 Å². The van der Waals surface area contributed by atoms with Crippen molar-refractivity contribution in [1.29, 1.82) is 0 Å². The number of nitrogens with zero attached hydrogens (tertiary/aromatic N) is 4. The van der Waals surface area contributed by atoms with E-state index in [0.717, 1.165) is 28.1 Å². The third-order valence-electron chi connectivity index (χ3n) is 6.15. The summed E-state index contributed by atoms with van der Waals surface area (Å²) in [4.78, 5) is 25.8. The Bertz CT molecular complexity index is 1210. The predicted octanol–water partition coefficient (Wildman–Crippen LogP) is 3.60. The first-order valence-electron chi connectivity index (χ1n) is 10.8. The van der Waals surface area contributed by atoms with Crippen molar-refractivity contribution in [3.05, 3.63) is 85.2 Å². The summed E-state index contributed by atoms with van der Waals surface area (Å²) in [6.45, 7) is 1.08. The fourth-order valence-electron chi connectivity index (χ4n) is 4.21. The minimum absolute atomic E-state index is 0.0234. The Morgan fingerprint density at radius 3 is 2.30 bits per heavy atom. The number of anilines is 2. The van der Waals surface area contributed by atoms with Crippen LogP contribution in [0.2, 0.25) is 0 Å². The quantitative estimate of drug-likeness (QED) is 0.491. The molecule has 3 heterocycles. The van der Waals surface area contributed by atoms with Crippen molar-refractivity contribution >= 4 is 17.5 Å². The molecule has 5 rings (SSSR count). The van der Waals surface area contributed by atoms with Gasteiger partial charge in [0.15, 0.2) is 0 Å². The van der Waals surface area contributed by atoms with Crippen molar-refractivity contribution in [2.75, 3.05) is 24.3 Å².